The zero-order valence-electron chi connectivity index (χ0n) is 16.0. The van der Waals surface area contributed by atoms with Gasteiger partial charge in [0.05, 0.1) is 6.73 Å². The van der Waals surface area contributed by atoms with Gasteiger partial charge < -0.3 is 38.5 Å². The van der Waals surface area contributed by atoms with E-state index in [0.717, 1.165) is 0 Å². The number of carbonyl (C=O) groups excluding carboxylic acids is 1. The summed E-state index contributed by atoms with van der Waals surface area (Å²) in [5, 5.41) is 2.67. The van der Waals surface area contributed by atoms with E-state index in [2.05, 4.69) is 5.32 Å². The predicted octanol–water partition coefficient (Wildman–Crippen LogP) is 1.79. The van der Waals surface area contributed by atoms with Gasteiger partial charge in [-0.25, -0.2) is 4.79 Å². The normalized spacial score (nSPS) is 14.2. The second kappa shape index (κ2) is 14.4. The van der Waals surface area contributed by atoms with Crippen LogP contribution in [0.4, 0.5) is 4.79 Å². The number of hydrogen-bond donors (Lipinski definition) is 2. The van der Waals surface area contributed by atoms with Crippen molar-refractivity contribution in [2.45, 2.75) is 59.7 Å². The lowest BCUT2D eigenvalue weighted by Gasteiger charge is -2.28. The van der Waals surface area contributed by atoms with E-state index in [1.54, 1.807) is 13.8 Å². The number of carbonyl (C=O) groups is 1. The Morgan fingerprint density at radius 1 is 1.04 bits per heavy atom. The van der Waals surface area contributed by atoms with E-state index in [9.17, 15) is 4.79 Å². The fraction of sp³-hybridized carbons (Fsp3) is 0.933. The van der Waals surface area contributed by atoms with Crippen molar-refractivity contribution in [3.63, 3.8) is 0 Å². The third kappa shape index (κ3) is 11.5. The monoisotopic (exact) mass is 382 g/mol. The van der Waals surface area contributed by atoms with Crippen LogP contribution in [0.2, 0.25) is 6.04 Å². The highest BCUT2D eigenvalue weighted by molar-refractivity contribution is 6.60. The van der Waals surface area contributed by atoms with Gasteiger partial charge in [0.2, 0.25) is 6.29 Å². The van der Waals surface area contributed by atoms with E-state index in [1.165, 1.54) is 0 Å². The van der Waals surface area contributed by atoms with E-state index in [0.29, 0.717) is 38.8 Å². The van der Waals surface area contributed by atoms with Crippen LogP contribution < -0.4 is 11.1 Å². The molecule has 25 heavy (non-hydrogen) atoms. The maximum atomic E-state index is 11.7. The first-order valence-electron chi connectivity index (χ1n) is 8.76. The molecule has 0 spiro atoms. The fourth-order valence-corrected chi connectivity index (χ4v) is 4.77. The molecule has 0 saturated carbocycles. The lowest BCUT2D eigenvalue weighted by Crippen LogP contribution is -2.46. The SMILES string of the molecule is CCO[Si](CCCNC(=O)OC(C)OC(C)OCN)(OCC)OCC. The van der Waals surface area contributed by atoms with Gasteiger partial charge >= 0.3 is 14.9 Å². The standard InChI is InChI=1S/C15H34N2O7Si/c1-6-20-25(21-7-2,22-8-3)11-9-10-17-15(18)24-14(5)23-13(4)19-12-16/h13-14H,6-12,16H2,1-5H3,(H,17,18). The molecule has 0 heterocycles. The first kappa shape index (κ1) is 24.2. The summed E-state index contributed by atoms with van der Waals surface area (Å²) >= 11 is 0. The Kier molecular flexibility index (Phi) is 14.0. The number of nitrogens with two attached hydrogens (primary N) is 1. The molecule has 10 heteroatoms. The Bertz CT molecular complexity index is 333. The molecule has 9 nitrogen and oxygen atoms in total. The molecule has 0 aromatic heterocycles. The quantitative estimate of drug-likeness (QED) is 0.251. The number of hydrogen-bond acceptors (Lipinski definition) is 8. The lowest BCUT2D eigenvalue weighted by molar-refractivity contribution is -0.211. The van der Waals surface area contributed by atoms with Gasteiger partial charge in [0.25, 0.3) is 0 Å². The molecule has 0 radical (unpaired) electrons. The summed E-state index contributed by atoms with van der Waals surface area (Å²) in [6.07, 6.45) is -1.21. The first-order chi connectivity index (χ1) is 11.9. The first-order valence-corrected chi connectivity index (χ1v) is 10.7. The number of rotatable bonds is 15. The largest absolute Gasteiger partial charge is 0.500 e. The Labute approximate surface area is 151 Å². The molecule has 0 aliphatic rings. The number of nitrogens with one attached hydrogen (secondary N) is 1. The Balaban J connectivity index is 4.15. The summed E-state index contributed by atoms with van der Waals surface area (Å²) in [5.74, 6) is 0. The molecule has 0 fully saturated rings. The van der Waals surface area contributed by atoms with Crippen LogP contribution in [0.3, 0.4) is 0 Å². The van der Waals surface area contributed by atoms with Crippen molar-refractivity contribution >= 4 is 14.9 Å². The molecule has 0 aromatic carbocycles. The Hall–Kier alpha value is -0.753. The summed E-state index contributed by atoms with van der Waals surface area (Å²) in [6, 6.07) is 0.621. The third-order valence-corrected chi connectivity index (χ3v) is 6.16. The fourth-order valence-electron chi connectivity index (χ4n) is 2.16. The maximum Gasteiger partial charge on any atom is 0.500 e. The van der Waals surface area contributed by atoms with Crippen LogP contribution in [-0.4, -0.2) is 60.6 Å². The smallest absolute Gasteiger partial charge is 0.420 e. The van der Waals surface area contributed by atoms with E-state index < -0.39 is 27.5 Å². The molecule has 150 valence electrons. The predicted molar refractivity (Wildman–Crippen MR) is 94.7 cm³/mol. The zero-order chi connectivity index (χ0) is 19.1. The Morgan fingerprint density at radius 3 is 2.08 bits per heavy atom. The second-order valence-corrected chi connectivity index (χ2v) is 7.75. The minimum Gasteiger partial charge on any atom is -0.420 e. The summed E-state index contributed by atoms with van der Waals surface area (Å²) in [4.78, 5) is 11.7. The topological polar surface area (TPSA) is 111 Å². The second-order valence-electron chi connectivity index (χ2n) is 5.02. The van der Waals surface area contributed by atoms with Gasteiger partial charge in [-0.3, -0.25) is 0 Å². The van der Waals surface area contributed by atoms with Gasteiger partial charge in [-0.2, -0.15) is 0 Å². The van der Waals surface area contributed by atoms with Gasteiger partial charge in [-0.1, -0.05) is 0 Å². The Morgan fingerprint density at radius 2 is 1.60 bits per heavy atom. The van der Waals surface area contributed by atoms with Crippen molar-refractivity contribution in [3.8, 4) is 0 Å². The van der Waals surface area contributed by atoms with Crippen LogP contribution in [0.1, 0.15) is 41.0 Å². The summed E-state index contributed by atoms with van der Waals surface area (Å²) in [7, 11) is -2.68. The lowest BCUT2D eigenvalue weighted by atomic mass is 10.5. The summed E-state index contributed by atoms with van der Waals surface area (Å²) < 4.78 is 32.6. The number of amides is 1. The van der Waals surface area contributed by atoms with Gasteiger partial charge in [0.15, 0.2) is 6.29 Å². The molecule has 0 bridgehead atoms. The van der Waals surface area contributed by atoms with E-state index in [4.69, 9.17) is 33.2 Å². The van der Waals surface area contributed by atoms with Gasteiger partial charge in [-0.15, -0.1) is 0 Å². The molecule has 0 aromatic rings. The van der Waals surface area contributed by atoms with Crippen LogP contribution in [0, 0.1) is 0 Å². The minimum absolute atomic E-state index is 0.0330. The average molecular weight is 383 g/mol. The molecule has 1 amide bonds. The highest BCUT2D eigenvalue weighted by Gasteiger charge is 2.39. The molecular formula is C15H34N2O7Si. The summed E-state index contributed by atoms with van der Waals surface area (Å²) in [6.45, 7) is 11.0. The molecule has 0 aliphatic carbocycles. The number of ether oxygens (including phenoxy) is 3. The molecular weight excluding hydrogens is 348 g/mol. The van der Waals surface area contributed by atoms with Crippen molar-refractivity contribution in [1.29, 1.82) is 0 Å². The highest BCUT2D eigenvalue weighted by atomic mass is 28.4. The van der Waals surface area contributed by atoms with Gasteiger partial charge in [-0.05, 0) is 41.0 Å². The molecule has 0 rings (SSSR count). The minimum atomic E-state index is -2.68. The van der Waals surface area contributed by atoms with Crippen molar-refractivity contribution in [1.82, 2.24) is 5.32 Å². The molecule has 2 atom stereocenters. The van der Waals surface area contributed by atoms with Crippen LogP contribution >= 0.6 is 0 Å². The average Bonchev–Trinajstić information content (AvgIpc) is 2.52. The maximum absolute atomic E-state index is 11.7. The van der Waals surface area contributed by atoms with E-state index in [-0.39, 0.29) is 6.73 Å². The zero-order valence-corrected chi connectivity index (χ0v) is 17.0. The number of alkyl carbamates (subject to hydrolysis) is 1. The van der Waals surface area contributed by atoms with Crippen LogP contribution in [-0.2, 0) is 27.5 Å². The van der Waals surface area contributed by atoms with Crippen molar-refractivity contribution < 1.29 is 32.3 Å². The van der Waals surface area contributed by atoms with Crippen LogP contribution in [0.25, 0.3) is 0 Å². The molecule has 3 N–H and O–H groups in total. The van der Waals surface area contributed by atoms with E-state index in [1.807, 2.05) is 20.8 Å². The third-order valence-electron chi connectivity index (χ3n) is 3.01. The highest BCUT2D eigenvalue weighted by Crippen LogP contribution is 2.17. The van der Waals surface area contributed by atoms with E-state index >= 15 is 0 Å². The molecule has 0 aliphatic heterocycles. The van der Waals surface area contributed by atoms with Crippen molar-refractivity contribution in [3.05, 3.63) is 0 Å². The molecule has 0 saturated heterocycles. The van der Waals surface area contributed by atoms with Crippen LogP contribution in [0.15, 0.2) is 0 Å². The molecule has 2 unspecified atom stereocenters. The van der Waals surface area contributed by atoms with Gasteiger partial charge in [0, 0.05) is 32.4 Å². The van der Waals surface area contributed by atoms with Crippen LogP contribution in [0.5, 0.6) is 0 Å². The van der Waals surface area contributed by atoms with Crippen molar-refractivity contribution in [2.24, 2.45) is 5.73 Å². The van der Waals surface area contributed by atoms with Gasteiger partial charge in [0.1, 0.15) is 0 Å². The summed E-state index contributed by atoms with van der Waals surface area (Å²) in [5.41, 5.74) is 5.24. The van der Waals surface area contributed by atoms with Crippen molar-refractivity contribution in [2.75, 3.05) is 33.1 Å².